The van der Waals surface area contributed by atoms with E-state index in [0.717, 1.165) is 44.3 Å². The molecule has 1 saturated heterocycles. The van der Waals surface area contributed by atoms with Crippen molar-refractivity contribution in [2.24, 2.45) is 11.8 Å². The summed E-state index contributed by atoms with van der Waals surface area (Å²) in [6, 6.07) is 0.575. The van der Waals surface area contributed by atoms with Gasteiger partial charge in [0.1, 0.15) is 5.60 Å². The summed E-state index contributed by atoms with van der Waals surface area (Å²) in [6.45, 7) is 10.8. The van der Waals surface area contributed by atoms with E-state index in [1.54, 1.807) is 0 Å². The van der Waals surface area contributed by atoms with Crippen LogP contribution in [0.4, 0.5) is 4.79 Å². The fourth-order valence-electron chi connectivity index (χ4n) is 2.59. The van der Waals surface area contributed by atoms with Crippen molar-refractivity contribution in [2.45, 2.75) is 58.6 Å². The van der Waals surface area contributed by atoms with Crippen molar-refractivity contribution in [3.63, 3.8) is 0 Å². The maximum Gasteiger partial charge on any atom is 0.410 e. The normalized spacial score (nSPS) is 28.3. The Morgan fingerprint density at radius 1 is 1.32 bits per heavy atom. The Bertz CT molecular complexity index is 317. The summed E-state index contributed by atoms with van der Waals surface area (Å²) < 4.78 is 5.40. The number of hydrogen-bond donors (Lipinski definition) is 1. The molecule has 0 bridgehead atoms. The fourth-order valence-corrected chi connectivity index (χ4v) is 2.59. The van der Waals surface area contributed by atoms with Crippen LogP contribution in [0.2, 0.25) is 0 Å². The summed E-state index contributed by atoms with van der Waals surface area (Å²) in [5.41, 5.74) is -0.395. The van der Waals surface area contributed by atoms with Crippen LogP contribution in [0.25, 0.3) is 0 Å². The van der Waals surface area contributed by atoms with Gasteiger partial charge in [0.2, 0.25) is 0 Å². The molecule has 0 aromatic heterocycles. The lowest BCUT2D eigenvalue weighted by molar-refractivity contribution is 0.0198. The van der Waals surface area contributed by atoms with Gasteiger partial charge in [-0.2, -0.15) is 0 Å². The molecule has 2 rings (SSSR count). The van der Waals surface area contributed by atoms with Crippen LogP contribution in [0.15, 0.2) is 0 Å². The molecule has 0 aromatic rings. The molecule has 1 N–H and O–H groups in total. The zero-order chi connectivity index (χ0) is 14.0. The van der Waals surface area contributed by atoms with Gasteiger partial charge < -0.3 is 15.0 Å². The van der Waals surface area contributed by atoms with Gasteiger partial charge in [-0.25, -0.2) is 4.79 Å². The van der Waals surface area contributed by atoms with Crippen molar-refractivity contribution in [1.82, 2.24) is 10.2 Å². The maximum absolute atomic E-state index is 11.9. The van der Waals surface area contributed by atoms with Crippen LogP contribution in [-0.4, -0.2) is 42.3 Å². The lowest BCUT2D eigenvalue weighted by Gasteiger charge is -2.33. The average Bonchev–Trinajstić information content (AvgIpc) is 3.01. The van der Waals surface area contributed by atoms with Gasteiger partial charge in [-0.05, 0) is 58.4 Å². The van der Waals surface area contributed by atoms with Gasteiger partial charge >= 0.3 is 6.09 Å². The molecule has 4 nitrogen and oxygen atoms in total. The quantitative estimate of drug-likeness (QED) is 0.855. The molecular weight excluding hydrogens is 240 g/mol. The van der Waals surface area contributed by atoms with E-state index in [-0.39, 0.29) is 6.09 Å². The van der Waals surface area contributed by atoms with Gasteiger partial charge in [-0.3, -0.25) is 0 Å². The zero-order valence-electron chi connectivity index (χ0n) is 12.7. The second kappa shape index (κ2) is 5.70. The van der Waals surface area contributed by atoms with Crippen LogP contribution in [0.5, 0.6) is 0 Å². The molecule has 19 heavy (non-hydrogen) atoms. The summed E-state index contributed by atoms with van der Waals surface area (Å²) in [5, 5.41) is 3.64. The number of likely N-dealkylation sites (tertiary alicyclic amines) is 1. The van der Waals surface area contributed by atoms with Gasteiger partial charge in [0.25, 0.3) is 0 Å². The SMILES string of the molecule is CC1CC1CNC1CCN(C(=O)OC(C)(C)C)CC1. The third kappa shape index (κ3) is 4.68. The van der Waals surface area contributed by atoms with Crippen molar-refractivity contribution in [1.29, 1.82) is 0 Å². The standard InChI is InChI=1S/C15H28N2O2/c1-11-9-12(11)10-16-13-5-7-17(8-6-13)14(18)19-15(2,3)4/h11-13,16H,5-10H2,1-4H3. The van der Waals surface area contributed by atoms with E-state index in [2.05, 4.69) is 12.2 Å². The highest BCUT2D eigenvalue weighted by Crippen LogP contribution is 2.37. The number of nitrogens with one attached hydrogen (secondary N) is 1. The second-order valence-electron chi connectivity index (χ2n) is 7.12. The predicted octanol–water partition coefficient (Wildman–Crippen LogP) is 2.63. The highest BCUT2D eigenvalue weighted by molar-refractivity contribution is 5.68. The molecule has 1 aliphatic heterocycles. The summed E-state index contributed by atoms with van der Waals surface area (Å²) in [7, 11) is 0. The lowest BCUT2D eigenvalue weighted by atomic mass is 10.1. The molecule has 2 unspecified atom stereocenters. The predicted molar refractivity (Wildman–Crippen MR) is 76.1 cm³/mol. The molecular formula is C15H28N2O2. The Balaban J connectivity index is 1.65. The lowest BCUT2D eigenvalue weighted by Crippen LogP contribution is -2.46. The first-order valence-corrected chi connectivity index (χ1v) is 7.56. The number of carbonyl (C=O) groups excluding carboxylic acids is 1. The number of rotatable bonds is 3. The van der Waals surface area contributed by atoms with Crippen LogP contribution in [0, 0.1) is 11.8 Å². The number of ether oxygens (including phenoxy) is 1. The first kappa shape index (κ1) is 14.6. The molecule has 4 heteroatoms. The minimum atomic E-state index is -0.395. The zero-order valence-corrected chi connectivity index (χ0v) is 12.7. The minimum Gasteiger partial charge on any atom is -0.444 e. The topological polar surface area (TPSA) is 41.6 Å². The highest BCUT2D eigenvalue weighted by Gasteiger charge is 2.33. The average molecular weight is 268 g/mol. The fraction of sp³-hybridized carbons (Fsp3) is 0.933. The van der Waals surface area contributed by atoms with Gasteiger partial charge in [0.05, 0.1) is 0 Å². The van der Waals surface area contributed by atoms with Gasteiger partial charge in [-0.15, -0.1) is 0 Å². The minimum absolute atomic E-state index is 0.165. The molecule has 1 amide bonds. The summed E-state index contributed by atoms with van der Waals surface area (Å²) >= 11 is 0. The number of nitrogens with zero attached hydrogens (tertiary/aromatic N) is 1. The molecule has 1 aliphatic carbocycles. The van der Waals surface area contributed by atoms with E-state index >= 15 is 0 Å². The third-order valence-corrected chi connectivity index (χ3v) is 4.09. The number of amides is 1. The summed E-state index contributed by atoms with van der Waals surface area (Å²) in [6.07, 6.45) is 3.30. The highest BCUT2D eigenvalue weighted by atomic mass is 16.6. The van der Waals surface area contributed by atoms with Crippen molar-refractivity contribution in [3.8, 4) is 0 Å². The molecule has 2 atom stereocenters. The van der Waals surface area contributed by atoms with E-state index in [1.165, 1.54) is 6.42 Å². The Labute approximate surface area is 116 Å². The van der Waals surface area contributed by atoms with Crippen molar-refractivity contribution in [2.75, 3.05) is 19.6 Å². The summed E-state index contributed by atoms with van der Waals surface area (Å²) in [4.78, 5) is 13.8. The molecule has 1 saturated carbocycles. The molecule has 0 radical (unpaired) electrons. The van der Waals surface area contributed by atoms with E-state index in [4.69, 9.17) is 4.74 Å². The smallest absolute Gasteiger partial charge is 0.410 e. The van der Waals surface area contributed by atoms with Gasteiger partial charge in [-0.1, -0.05) is 6.92 Å². The molecule has 0 spiro atoms. The molecule has 2 fully saturated rings. The second-order valence-corrected chi connectivity index (χ2v) is 7.12. The van der Waals surface area contributed by atoms with Gasteiger partial charge in [0, 0.05) is 19.1 Å². The van der Waals surface area contributed by atoms with Crippen molar-refractivity contribution in [3.05, 3.63) is 0 Å². The van der Waals surface area contributed by atoms with Crippen LogP contribution in [0.3, 0.4) is 0 Å². The Kier molecular flexibility index (Phi) is 4.39. The number of piperidine rings is 1. The van der Waals surface area contributed by atoms with Gasteiger partial charge in [0.15, 0.2) is 0 Å². The van der Waals surface area contributed by atoms with Crippen LogP contribution in [-0.2, 0) is 4.74 Å². The van der Waals surface area contributed by atoms with E-state index in [9.17, 15) is 4.79 Å². The Morgan fingerprint density at radius 2 is 1.89 bits per heavy atom. The van der Waals surface area contributed by atoms with E-state index in [1.807, 2.05) is 25.7 Å². The van der Waals surface area contributed by atoms with E-state index in [0.29, 0.717) is 6.04 Å². The monoisotopic (exact) mass is 268 g/mol. The Hall–Kier alpha value is -0.770. The largest absolute Gasteiger partial charge is 0.444 e. The van der Waals surface area contributed by atoms with E-state index < -0.39 is 5.60 Å². The molecule has 1 heterocycles. The summed E-state index contributed by atoms with van der Waals surface area (Å²) in [5.74, 6) is 1.80. The first-order chi connectivity index (χ1) is 8.85. The first-order valence-electron chi connectivity index (χ1n) is 7.56. The molecule has 2 aliphatic rings. The van der Waals surface area contributed by atoms with Crippen molar-refractivity contribution >= 4 is 6.09 Å². The van der Waals surface area contributed by atoms with Crippen LogP contribution in [0.1, 0.15) is 47.0 Å². The Morgan fingerprint density at radius 3 is 2.37 bits per heavy atom. The third-order valence-electron chi connectivity index (χ3n) is 4.09. The molecule has 110 valence electrons. The number of carbonyl (C=O) groups is 1. The van der Waals surface area contributed by atoms with Crippen LogP contribution < -0.4 is 5.32 Å². The maximum atomic E-state index is 11.9. The number of hydrogen-bond acceptors (Lipinski definition) is 3. The molecule has 0 aromatic carbocycles. The van der Waals surface area contributed by atoms with Crippen LogP contribution >= 0.6 is 0 Å². The van der Waals surface area contributed by atoms with Crippen molar-refractivity contribution < 1.29 is 9.53 Å².